The number of aliphatic carboxylic acids is 2. The Kier molecular flexibility index (Phi) is 7.36. The fourth-order valence-corrected chi connectivity index (χ4v) is 5.79. The van der Waals surface area contributed by atoms with Gasteiger partial charge >= 0.3 is 23.8 Å². The summed E-state index contributed by atoms with van der Waals surface area (Å²) in [5.74, 6) is -16.4. The first kappa shape index (κ1) is 26.1. The number of aryl methyl sites for hydroxylation is 1. The molecule has 0 heterocycles. The van der Waals surface area contributed by atoms with E-state index >= 15 is 17.6 Å². The molecule has 9 heteroatoms. The minimum Gasteiger partial charge on any atom is -0.481 e. The molecule has 0 aromatic heterocycles. The molecule has 0 fully saturated rings. The highest BCUT2D eigenvalue weighted by Crippen LogP contribution is 2.60. The average Bonchev–Trinajstić information content (AvgIpc) is 2.84. The average molecular weight is 499 g/mol. The standard InChI is InChI=1S/C25H26F4O4S/c1-4-11-34-17-12-13(5-2)14(6-3)21-19(17)18(20(22(30)31)23(32)33)15-9-7-8-10-16(15)24(26,27)25(21,28)29/h7-10,12,18,20H,4-6,11H2,1-3H3,(H,30,31)(H,32,33). The molecule has 2 aromatic rings. The molecule has 1 aliphatic carbocycles. The molecular weight excluding hydrogens is 472 g/mol. The van der Waals surface area contributed by atoms with Crippen LogP contribution in [0, 0.1) is 5.92 Å². The predicted molar refractivity (Wildman–Crippen MR) is 121 cm³/mol. The molecule has 2 aromatic carbocycles. The Labute approximate surface area is 199 Å². The first-order valence-corrected chi connectivity index (χ1v) is 12.1. The third kappa shape index (κ3) is 3.97. The molecule has 2 N–H and O–H groups in total. The summed E-state index contributed by atoms with van der Waals surface area (Å²) in [6.07, 6.45) is 0.950. The van der Waals surface area contributed by atoms with Gasteiger partial charge in [-0.15, -0.1) is 11.8 Å². The summed E-state index contributed by atoms with van der Waals surface area (Å²) in [5, 5.41) is 19.7. The minimum absolute atomic E-state index is 0.00375. The monoisotopic (exact) mass is 498 g/mol. The smallest absolute Gasteiger partial charge is 0.340 e. The molecule has 0 radical (unpaired) electrons. The van der Waals surface area contributed by atoms with Crippen molar-refractivity contribution in [3.05, 3.63) is 63.7 Å². The molecular formula is C25H26F4O4S. The van der Waals surface area contributed by atoms with Gasteiger partial charge in [0, 0.05) is 21.9 Å². The van der Waals surface area contributed by atoms with E-state index in [1.165, 1.54) is 6.07 Å². The number of benzene rings is 2. The number of thioether (sulfide) groups is 1. The fourth-order valence-electron chi connectivity index (χ4n) is 4.76. The van der Waals surface area contributed by atoms with Crippen LogP contribution in [0.4, 0.5) is 17.6 Å². The predicted octanol–water partition coefficient (Wildman–Crippen LogP) is 6.43. The lowest BCUT2D eigenvalue weighted by Gasteiger charge is -2.31. The quantitative estimate of drug-likeness (QED) is 0.249. The lowest BCUT2D eigenvalue weighted by atomic mass is 9.76. The van der Waals surface area contributed by atoms with Crippen molar-refractivity contribution in [3.8, 4) is 0 Å². The van der Waals surface area contributed by atoms with Crippen LogP contribution in [-0.4, -0.2) is 27.9 Å². The molecule has 0 saturated carbocycles. The summed E-state index contributed by atoms with van der Waals surface area (Å²) < 4.78 is 63.2. The Morgan fingerprint density at radius 2 is 1.62 bits per heavy atom. The molecule has 4 nitrogen and oxygen atoms in total. The minimum atomic E-state index is -4.69. The van der Waals surface area contributed by atoms with Crippen LogP contribution in [0.5, 0.6) is 0 Å². The highest BCUT2D eigenvalue weighted by molar-refractivity contribution is 7.99. The highest BCUT2D eigenvalue weighted by Gasteiger charge is 2.64. The van der Waals surface area contributed by atoms with Crippen LogP contribution in [0.15, 0.2) is 35.2 Å². The molecule has 0 aliphatic heterocycles. The maximum absolute atomic E-state index is 16.0. The van der Waals surface area contributed by atoms with E-state index in [1.807, 2.05) is 6.92 Å². The maximum atomic E-state index is 16.0. The van der Waals surface area contributed by atoms with Crippen LogP contribution in [-0.2, 0) is 34.3 Å². The van der Waals surface area contributed by atoms with Crippen molar-refractivity contribution in [3.63, 3.8) is 0 Å². The molecule has 0 amide bonds. The van der Waals surface area contributed by atoms with Crippen molar-refractivity contribution in [2.24, 2.45) is 5.92 Å². The highest BCUT2D eigenvalue weighted by atomic mass is 32.2. The lowest BCUT2D eigenvalue weighted by Crippen LogP contribution is -2.37. The zero-order chi connectivity index (χ0) is 25.4. The SMILES string of the molecule is CCCSc1cc(CC)c(CC)c2c1C(C(C(=O)O)C(=O)O)c1ccccc1C(F)(F)C2(F)F. The Hall–Kier alpha value is -2.55. The molecule has 1 aliphatic rings. The molecule has 1 unspecified atom stereocenters. The van der Waals surface area contributed by atoms with Gasteiger partial charge in [0.25, 0.3) is 0 Å². The van der Waals surface area contributed by atoms with E-state index in [9.17, 15) is 19.8 Å². The largest absolute Gasteiger partial charge is 0.481 e. The van der Waals surface area contributed by atoms with Crippen LogP contribution < -0.4 is 0 Å². The Bertz CT molecular complexity index is 1100. The van der Waals surface area contributed by atoms with E-state index < -0.39 is 52.3 Å². The molecule has 0 spiro atoms. The van der Waals surface area contributed by atoms with Crippen molar-refractivity contribution < 1.29 is 37.4 Å². The summed E-state index contributed by atoms with van der Waals surface area (Å²) in [4.78, 5) is 24.5. The van der Waals surface area contributed by atoms with Crippen LogP contribution in [0.1, 0.15) is 66.5 Å². The number of carboxylic acids is 2. The van der Waals surface area contributed by atoms with Gasteiger partial charge in [0.1, 0.15) is 0 Å². The van der Waals surface area contributed by atoms with Gasteiger partial charge in [0.15, 0.2) is 5.92 Å². The molecule has 34 heavy (non-hydrogen) atoms. The maximum Gasteiger partial charge on any atom is 0.340 e. The van der Waals surface area contributed by atoms with E-state index in [1.54, 1.807) is 19.9 Å². The van der Waals surface area contributed by atoms with Crippen molar-refractivity contribution in [1.82, 2.24) is 0 Å². The fraction of sp³-hybridized carbons (Fsp3) is 0.440. The van der Waals surface area contributed by atoms with Crippen LogP contribution in [0.2, 0.25) is 0 Å². The van der Waals surface area contributed by atoms with Crippen molar-refractivity contribution in [2.45, 2.75) is 62.7 Å². The summed E-state index contributed by atoms with van der Waals surface area (Å²) in [6, 6.07) is 6.08. The molecule has 0 bridgehead atoms. The Balaban J connectivity index is 2.63. The number of fused-ring (bicyclic) bond motifs is 2. The van der Waals surface area contributed by atoms with E-state index in [0.717, 1.165) is 30.0 Å². The number of hydrogen-bond acceptors (Lipinski definition) is 3. The van der Waals surface area contributed by atoms with Gasteiger partial charge in [-0.25, -0.2) is 0 Å². The van der Waals surface area contributed by atoms with E-state index in [4.69, 9.17) is 0 Å². The van der Waals surface area contributed by atoms with Crippen molar-refractivity contribution in [2.75, 3.05) is 5.75 Å². The first-order valence-electron chi connectivity index (χ1n) is 11.1. The number of hydrogen-bond donors (Lipinski definition) is 2. The van der Waals surface area contributed by atoms with E-state index in [0.29, 0.717) is 24.2 Å². The van der Waals surface area contributed by atoms with Crippen LogP contribution in [0.3, 0.4) is 0 Å². The molecule has 1 atom stereocenters. The molecule has 0 saturated heterocycles. The summed E-state index contributed by atoms with van der Waals surface area (Å²) in [5.41, 5.74) is -2.26. The number of alkyl halides is 4. The van der Waals surface area contributed by atoms with Crippen LogP contribution in [0.25, 0.3) is 0 Å². The number of carboxylic acid groups (broad SMARTS) is 2. The van der Waals surface area contributed by atoms with Gasteiger partial charge in [-0.3, -0.25) is 9.59 Å². The van der Waals surface area contributed by atoms with Gasteiger partial charge in [0.2, 0.25) is 0 Å². The van der Waals surface area contributed by atoms with Crippen molar-refractivity contribution in [1.29, 1.82) is 0 Å². The van der Waals surface area contributed by atoms with Gasteiger partial charge in [0.05, 0.1) is 0 Å². The van der Waals surface area contributed by atoms with E-state index in [2.05, 4.69) is 0 Å². The normalized spacial score (nSPS) is 18.2. The second-order valence-corrected chi connectivity index (χ2v) is 9.36. The third-order valence-electron chi connectivity index (χ3n) is 6.24. The first-order chi connectivity index (χ1) is 15.9. The zero-order valence-corrected chi connectivity index (χ0v) is 19.8. The third-order valence-corrected chi connectivity index (χ3v) is 7.51. The number of carbonyl (C=O) groups is 2. The zero-order valence-electron chi connectivity index (χ0n) is 19.0. The number of halogens is 4. The van der Waals surface area contributed by atoms with Gasteiger partial charge in [-0.1, -0.05) is 45.0 Å². The summed E-state index contributed by atoms with van der Waals surface area (Å²) >= 11 is 1.15. The molecule has 3 rings (SSSR count). The topological polar surface area (TPSA) is 74.6 Å². The summed E-state index contributed by atoms with van der Waals surface area (Å²) in [7, 11) is 0. The van der Waals surface area contributed by atoms with Gasteiger partial charge in [-0.05, 0) is 53.3 Å². The second kappa shape index (κ2) is 9.60. The van der Waals surface area contributed by atoms with Gasteiger partial charge < -0.3 is 10.2 Å². The lowest BCUT2D eigenvalue weighted by molar-refractivity contribution is -0.224. The number of rotatable bonds is 8. The second-order valence-electron chi connectivity index (χ2n) is 8.22. The van der Waals surface area contributed by atoms with Crippen molar-refractivity contribution >= 4 is 23.7 Å². The Morgan fingerprint density at radius 3 is 2.15 bits per heavy atom. The Morgan fingerprint density at radius 1 is 1.00 bits per heavy atom. The van der Waals surface area contributed by atoms with Crippen LogP contribution >= 0.6 is 11.8 Å². The van der Waals surface area contributed by atoms with Gasteiger partial charge in [-0.2, -0.15) is 17.6 Å². The summed E-state index contributed by atoms with van der Waals surface area (Å²) in [6.45, 7) is 5.16. The van der Waals surface area contributed by atoms with E-state index in [-0.39, 0.29) is 22.4 Å². The molecule has 184 valence electrons.